The minimum atomic E-state index is -0.282. The highest BCUT2D eigenvalue weighted by Crippen LogP contribution is 2.22. The first-order chi connectivity index (χ1) is 14.2. The lowest BCUT2D eigenvalue weighted by atomic mass is 9.87. The molecule has 0 unspecified atom stereocenters. The molecule has 0 radical (unpaired) electrons. The Kier molecular flexibility index (Phi) is 6.35. The largest absolute Gasteiger partial charge is 0.484 e. The second kappa shape index (κ2) is 8.95. The average molecular weight is 405 g/mol. The molecule has 1 heterocycles. The Morgan fingerprint density at radius 1 is 1.00 bits per heavy atom. The van der Waals surface area contributed by atoms with Gasteiger partial charge < -0.3 is 10.1 Å². The number of carbonyl (C=O) groups excluding carboxylic acids is 2. The van der Waals surface area contributed by atoms with Gasteiger partial charge in [-0.2, -0.15) is 5.10 Å². The molecule has 0 aliphatic heterocycles. The van der Waals surface area contributed by atoms with Crippen LogP contribution >= 0.6 is 0 Å². The lowest BCUT2D eigenvalue weighted by molar-refractivity contribution is -0.118. The maximum absolute atomic E-state index is 12.3. The SMILES string of the molecule is CC(=O)c1ccc(OCC(=O)Nc2ccnn2Cc2ccc(C(C)(C)C)cc2)cc1. The van der Waals surface area contributed by atoms with Gasteiger partial charge in [-0.1, -0.05) is 45.0 Å². The molecule has 0 bridgehead atoms. The van der Waals surface area contributed by atoms with Crippen molar-refractivity contribution in [3.05, 3.63) is 77.5 Å². The molecule has 1 aromatic heterocycles. The summed E-state index contributed by atoms with van der Waals surface area (Å²) in [6, 6.07) is 16.9. The molecule has 0 saturated carbocycles. The van der Waals surface area contributed by atoms with Crippen molar-refractivity contribution >= 4 is 17.5 Å². The number of rotatable bonds is 7. The van der Waals surface area contributed by atoms with Crippen molar-refractivity contribution in [1.29, 1.82) is 0 Å². The molecular formula is C24H27N3O3. The van der Waals surface area contributed by atoms with Crippen LogP contribution in [0.5, 0.6) is 5.75 Å². The zero-order valence-corrected chi connectivity index (χ0v) is 17.8. The molecule has 0 aliphatic carbocycles. The third kappa shape index (κ3) is 5.56. The van der Waals surface area contributed by atoms with E-state index in [1.165, 1.54) is 12.5 Å². The van der Waals surface area contributed by atoms with E-state index < -0.39 is 0 Å². The van der Waals surface area contributed by atoms with Crippen molar-refractivity contribution < 1.29 is 14.3 Å². The molecule has 0 atom stereocenters. The fourth-order valence-corrected chi connectivity index (χ4v) is 2.96. The molecule has 0 aliphatic rings. The van der Waals surface area contributed by atoms with E-state index in [9.17, 15) is 9.59 Å². The molecule has 3 rings (SSSR count). The van der Waals surface area contributed by atoms with Crippen molar-refractivity contribution in [3.63, 3.8) is 0 Å². The first kappa shape index (κ1) is 21.3. The molecular weight excluding hydrogens is 378 g/mol. The Balaban J connectivity index is 1.57. The zero-order valence-electron chi connectivity index (χ0n) is 17.8. The quantitative estimate of drug-likeness (QED) is 0.590. The van der Waals surface area contributed by atoms with Gasteiger partial charge in [-0.25, -0.2) is 4.68 Å². The Morgan fingerprint density at radius 2 is 1.67 bits per heavy atom. The van der Waals surface area contributed by atoms with Crippen molar-refractivity contribution in [2.24, 2.45) is 0 Å². The molecule has 0 saturated heterocycles. The number of amides is 1. The maximum Gasteiger partial charge on any atom is 0.263 e. The summed E-state index contributed by atoms with van der Waals surface area (Å²) in [5.41, 5.74) is 3.08. The lowest BCUT2D eigenvalue weighted by Crippen LogP contribution is -2.22. The predicted molar refractivity (Wildman–Crippen MR) is 117 cm³/mol. The molecule has 3 aromatic rings. The van der Waals surface area contributed by atoms with Gasteiger partial charge in [0.25, 0.3) is 5.91 Å². The van der Waals surface area contributed by atoms with Gasteiger partial charge in [-0.3, -0.25) is 9.59 Å². The zero-order chi connectivity index (χ0) is 21.7. The molecule has 0 fully saturated rings. The fraction of sp³-hybridized carbons (Fsp3) is 0.292. The number of Topliss-reactive ketones (excluding diaryl/α,β-unsaturated/α-hetero) is 1. The molecule has 6 heteroatoms. The number of hydrogen-bond donors (Lipinski definition) is 1. The minimum absolute atomic E-state index is 0.0133. The highest BCUT2D eigenvalue weighted by atomic mass is 16.5. The molecule has 2 aromatic carbocycles. The van der Waals surface area contributed by atoms with Gasteiger partial charge in [0.15, 0.2) is 12.4 Å². The first-order valence-corrected chi connectivity index (χ1v) is 9.87. The minimum Gasteiger partial charge on any atom is -0.484 e. The lowest BCUT2D eigenvalue weighted by Gasteiger charge is -2.19. The van der Waals surface area contributed by atoms with E-state index >= 15 is 0 Å². The van der Waals surface area contributed by atoms with Crippen LogP contribution in [0.1, 0.15) is 49.2 Å². The molecule has 0 spiro atoms. The van der Waals surface area contributed by atoms with Crippen LogP contribution in [0.4, 0.5) is 5.82 Å². The van der Waals surface area contributed by atoms with E-state index in [-0.39, 0.29) is 23.7 Å². The molecule has 1 amide bonds. The normalized spacial score (nSPS) is 11.2. The van der Waals surface area contributed by atoms with Gasteiger partial charge in [0.2, 0.25) is 0 Å². The summed E-state index contributed by atoms with van der Waals surface area (Å²) in [7, 11) is 0. The standard InChI is InChI=1S/C24H27N3O3/c1-17(28)19-7-11-21(12-8-19)30-16-23(29)26-22-13-14-25-27(22)15-18-5-9-20(10-6-18)24(2,3)4/h5-14H,15-16H2,1-4H3,(H,26,29). The van der Waals surface area contributed by atoms with Crippen molar-refractivity contribution in [1.82, 2.24) is 9.78 Å². The van der Waals surface area contributed by atoms with Crippen molar-refractivity contribution in [3.8, 4) is 5.75 Å². The van der Waals surface area contributed by atoms with Gasteiger partial charge in [-0.15, -0.1) is 0 Å². The Labute approximate surface area is 176 Å². The van der Waals surface area contributed by atoms with Gasteiger partial charge in [-0.05, 0) is 47.7 Å². The number of carbonyl (C=O) groups is 2. The van der Waals surface area contributed by atoms with Crippen LogP contribution in [-0.2, 0) is 16.8 Å². The average Bonchev–Trinajstić information content (AvgIpc) is 3.13. The van der Waals surface area contributed by atoms with E-state index in [1.807, 2.05) is 0 Å². The number of nitrogens with zero attached hydrogens (tertiary/aromatic N) is 2. The van der Waals surface area contributed by atoms with Crippen LogP contribution in [0.3, 0.4) is 0 Å². The first-order valence-electron chi connectivity index (χ1n) is 9.87. The summed E-state index contributed by atoms with van der Waals surface area (Å²) in [6.45, 7) is 8.48. The third-order valence-electron chi connectivity index (χ3n) is 4.77. The summed E-state index contributed by atoms with van der Waals surface area (Å²) in [6.07, 6.45) is 1.65. The van der Waals surface area contributed by atoms with Crippen LogP contribution in [0.25, 0.3) is 0 Å². The van der Waals surface area contributed by atoms with Gasteiger partial charge in [0, 0.05) is 11.6 Å². The summed E-state index contributed by atoms with van der Waals surface area (Å²) in [5.74, 6) is 0.842. The van der Waals surface area contributed by atoms with E-state index in [0.717, 1.165) is 5.56 Å². The number of ketones is 1. The van der Waals surface area contributed by atoms with Crippen molar-refractivity contribution in [2.45, 2.75) is 39.7 Å². The number of ether oxygens (including phenoxy) is 1. The Morgan fingerprint density at radius 3 is 2.27 bits per heavy atom. The van der Waals surface area contributed by atoms with Gasteiger partial charge in [0.1, 0.15) is 11.6 Å². The van der Waals surface area contributed by atoms with Gasteiger partial charge >= 0.3 is 0 Å². The van der Waals surface area contributed by atoms with E-state index in [4.69, 9.17) is 4.74 Å². The second-order valence-corrected chi connectivity index (χ2v) is 8.24. The number of aromatic nitrogens is 2. The van der Waals surface area contributed by atoms with E-state index in [2.05, 4.69) is 55.5 Å². The Hall–Kier alpha value is -3.41. The van der Waals surface area contributed by atoms with Crippen LogP contribution < -0.4 is 10.1 Å². The van der Waals surface area contributed by atoms with Crippen molar-refractivity contribution in [2.75, 3.05) is 11.9 Å². The van der Waals surface area contributed by atoms with E-state index in [0.29, 0.717) is 23.7 Å². The van der Waals surface area contributed by atoms with Crippen LogP contribution in [0, 0.1) is 0 Å². The molecule has 30 heavy (non-hydrogen) atoms. The topological polar surface area (TPSA) is 73.2 Å². The number of nitrogens with one attached hydrogen (secondary N) is 1. The summed E-state index contributed by atoms with van der Waals surface area (Å²) >= 11 is 0. The molecule has 1 N–H and O–H groups in total. The number of hydrogen-bond acceptors (Lipinski definition) is 4. The highest BCUT2D eigenvalue weighted by molar-refractivity contribution is 5.94. The number of benzene rings is 2. The maximum atomic E-state index is 12.3. The summed E-state index contributed by atoms with van der Waals surface area (Å²) in [4.78, 5) is 23.6. The fourth-order valence-electron chi connectivity index (χ4n) is 2.96. The van der Waals surface area contributed by atoms with Crippen LogP contribution in [0.15, 0.2) is 60.8 Å². The van der Waals surface area contributed by atoms with Crippen LogP contribution in [0.2, 0.25) is 0 Å². The highest BCUT2D eigenvalue weighted by Gasteiger charge is 2.13. The second-order valence-electron chi connectivity index (χ2n) is 8.24. The van der Waals surface area contributed by atoms with E-state index in [1.54, 1.807) is 41.2 Å². The number of anilines is 1. The summed E-state index contributed by atoms with van der Waals surface area (Å²) < 4.78 is 7.24. The third-order valence-corrected chi connectivity index (χ3v) is 4.77. The smallest absolute Gasteiger partial charge is 0.263 e. The molecule has 156 valence electrons. The van der Waals surface area contributed by atoms with Gasteiger partial charge in [0.05, 0.1) is 12.7 Å². The van der Waals surface area contributed by atoms with Crippen LogP contribution in [-0.4, -0.2) is 28.1 Å². The Bertz CT molecular complexity index is 1010. The monoisotopic (exact) mass is 405 g/mol. The predicted octanol–water partition coefficient (Wildman–Crippen LogP) is 4.45. The summed E-state index contributed by atoms with van der Waals surface area (Å²) in [5, 5.41) is 7.14. The molecule has 6 nitrogen and oxygen atoms in total.